The number of nitrogens with zero attached hydrogens (tertiary/aromatic N) is 2. The van der Waals surface area contributed by atoms with Crippen molar-refractivity contribution in [2.75, 3.05) is 36.0 Å². The van der Waals surface area contributed by atoms with Crippen LogP contribution in [-0.2, 0) is 6.54 Å². The average Bonchev–Trinajstić information content (AvgIpc) is 2.41. The van der Waals surface area contributed by atoms with Gasteiger partial charge in [0.25, 0.3) is 0 Å². The quantitative estimate of drug-likeness (QED) is 0.812. The van der Waals surface area contributed by atoms with Crippen molar-refractivity contribution < 1.29 is 0 Å². The highest BCUT2D eigenvalue weighted by Gasteiger charge is 2.11. The molecule has 0 saturated carbocycles. The number of thioether (sulfide) groups is 1. The van der Waals surface area contributed by atoms with Gasteiger partial charge in [0.05, 0.1) is 5.69 Å². The number of nitrogens with one attached hydrogen (secondary N) is 1. The van der Waals surface area contributed by atoms with E-state index in [1.165, 1.54) is 23.6 Å². The summed E-state index contributed by atoms with van der Waals surface area (Å²) in [7, 11) is 0. The number of anilines is 1. The van der Waals surface area contributed by atoms with Crippen molar-refractivity contribution in [2.45, 2.75) is 19.9 Å². The molecule has 0 amide bonds. The third-order valence-electron chi connectivity index (χ3n) is 2.91. The average molecular weight is 251 g/mol. The summed E-state index contributed by atoms with van der Waals surface area (Å²) in [5.74, 6) is 2.48. The molecule has 17 heavy (non-hydrogen) atoms. The van der Waals surface area contributed by atoms with Gasteiger partial charge in [-0.15, -0.1) is 0 Å². The summed E-state index contributed by atoms with van der Waals surface area (Å²) in [5.41, 5.74) is 2.47. The molecule has 94 valence electrons. The Balaban J connectivity index is 1.95. The van der Waals surface area contributed by atoms with Crippen molar-refractivity contribution in [3.8, 4) is 0 Å². The van der Waals surface area contributed by atoms with Gasteiger partial charge in [-0.25, -0.2) is 0 Å². The van der Waals surface area contributed by atoms with E-state index in [1.54, 1.807) is 0 Å². The summed E-state index contributed by atoms with van der Waals surface area (Å²) in [6.07, 6.45) is 3.10. The van der Waals surface area contributed by atoms with E-state index in [-0.39, 0.29) is 0 Å². The van der Waals surface area contributed by atoms with Crippen LogP contribution < -0.4 is 10.2 Å². The molecule has 3 nitrogen and oxygen atoms in total. The molecule has 1 aliphatic heterocycles. The maximum Gasteiger partial charge on any atom is 0.0562 e. The maximum absolute atomic E-state index is 4.41. The Kier molecular flexibility index (Phi) is 5.13. The third-order valence-corrected chi connectivity index (χ3v) is 3.85. The molecule has 4 heteroatoms. The Hall–Kier alpha value is -0.740. The van der Waals surface area contributed by atoms with E-state index < -0.39 is 0 Å². The molecular formula is C13H21N3S. The molecule has 1 aliphatic rings. The van der Waals surface area contributed by atoms with Gasteiger partial charge in [0.2, 0.25) is 0 Å². The Morgan fingerprint density at radius 2 is 2.24 bits per heavy atom. The molecule has 1 N–H and O–H groups in total. The van der Waals surface area contributed by atoms with Gasteiger partial charge in [0.1, 0.15) is 0 Å². The lowest BCUT2D eigenvalue weighted by Gasteiger charge is -2.28. The molecule has 1 fully saturated rings. The van der Waals surface area contributed by atoms with Crippen LogP contribution >= 0.6 is 11.8 Å². The van der Waals surface area contributed by atoms with Crippen molar-refractivity contribution in [3.05, 3.63) is 24.0 Å². The minimum atomic E-state index is 0.879. The molecule has 0 spiro atoms. The molecule has 0 bridgehead atoms. The Labute approximate surface area is 108 Å². The molecule has 2 heterocycles. The number of rotatable bonds is 5. The Morgan fingerprint density at radius 3 is 3.00 bits per heavy atom. The molecule has 1 aromatic heterocycles. The summed E-state index contributed by atoms with van der Waals surface area (Å²) in [6, 6.07) is 4.35. The Morgan fingerprint density at radius 1 is 1.41 bits per heavy atom. The standard InChI is InChI=1S/C13H21N3S/c1-2-4-14-11-12-10-13(3-5-15-12)16-6-8-17-9-7-16/h3,5,10,14H,2,4,6-9,11H2,1H3. The molecule has 0 radical (unpaired) electrons. The lowest BCUT2D eigenvalue weighted by atomic mass is 10.2. The van der Waals surface area contributed by atoms with Gasteiger partial charge >= 0.3 is 0 Å². The second kappa shape index (κ2) is 6.87. The molecule has 0 aromatic carbocycles. The SMILES string of the molecule is CCCNCc1cc(N2CCSCC2)ccn1. The smallest absolute Gasteiger partial charge is 0.0562 e. The van der Waals surface area contributed by atoms with Crippen LogP contribution in [0.3, 0.4) is 0 Å². The van der Waals surface area contributed by atoms with Crippen LogP contribution in [0.2, 0.25) is 0 Å². The van der Waals surface area contributed by atoms with Gasteiger partial charge in [-0.2, -0.15) is 11.8 Å². The van der Waals surface area contributed by atoms with Crippen molar-refractivity contribution >= 4 is 17.4 Å². The maximum atomic E-state index is 4.41. The Bertz CT molecular complexity index is 337. The molecule has 1 saturated heterocycles. The van der Waals surface area contributed by atoms with Gasteiger partial charge in [-0.3, -0.25) is 4.98 Å². The molecule has 2 rings (SSSR count). The van der Waals surface area contributed by atoms with Crippen LogP contribution in [0, 0.1) is 0 Å². The summed E-state index contributed by atoms with van der Waals surface area (Å²) in [6.45, 7) is 6.45. The number of pyridine rings is 1. The minimum absolute atomic E-state index is 0.879. The van der Waals surface area contributed by atoms with Gasteiger partial charge in [-0.1, -0.05) is 6.92 Å². The van der Waals surface area contributed by atoms with E-state index in [0.717, 1.165) is 31.9 Å². The normalized spacial score (nSPS) is 16.2. The largest absolute Gasteiger partial charge is 0.370 e. The zero-order valence-electron chi connectivity index (χ0n) is 10.5. The second-order valence-electron chi connectivity index (χ2n) is 4.28. The first-order valence-electron chi connectivity index (χ1n) is 6.38. The van der Waals surface area contributed by atoms with E-state index in [2.05, 4.69) is 34.3 Å². The van der Waals surface area contributed by atoms with E-state index in [0.29, 0.717) is 0 Å². The fraction of sp³-hybridized carbons (Fsp3) is 0.615. The first-order chi connectivity index (χ1) is 8.40. The van der Waals surface area contributed by atoms with E-state index in [4.69, 9.17) is 0 Å². The highest BCUT2D eigenvalue weighted by atomic mass is 32.2. The summed E-state index contributed by atoms with van der Waals surface area (Å²) >= 11 is 2.04. The van der Waals surface area contributed by atoms with Crippen LogP contribution in [0.5, 0.6) is 0 Å². The number of aromatic nitrogens is 1. The monoisotopic (exact) mass is 251 g/mol. The van der Waals surface area contributed by atoms with Gasteiger partial charge in [-0.05, 0) is 25.1 Å². The topological polar surface area (TPSA) is 28.2 Å². The fourth-order valence-electron chi connectivity index (χ4n) is 1.97. The van der Waals surface area contributed by atoms with Gasteiger partial charge in [0, 0.05) is 43.0 Å². The highest BCUT2D eigenvalue weighted by Crippen LogP contribution is 2.19. The summed E-state index contributed by atoms with van der Waals surface area (Å²) < 4.78 is 0. The molecule has 1 aromatic rings. The zero-order valence-corrected chi connectivity index (χ0v) is 11.3. The van der Waals surface area contributed by atoms with Gasteiger partial charge < -0.3 is 10.2 Å². The van der Waals surface area contributed by atoms with E-state index in [9.17, 15) is 0 Å². The van der Waals surface area contributed by atoms with Crippen LogP contribution in [0.1, 0.15) is 19.0 Å². The zero-order chi connectivity index (χ0) is 11.9. The lowest BCUT2D eigenvalue weighted by Crippen LogP contribution is -2.32. The minimum Gasteiger partial charge on any atom is -0.370 e. The van der Waals surface area contributed by atoms with Crippen molar-refractivity contribution in [1.82, 2.24) is 10.3 Å². The second-order valence-corrected chi connectivity index (χ2v) is 5.51. The van der Waals surface area contributed by atoms with Crippen LogP contribution in [0.15, 0.2) is 18.3 Å². The number of hydrogen-bond acceptors (Lipinski definition) is 4. The van der Waals surface area contributed by atoms with Gasteiger partial charge in [0.15, 0.2) is 0 Å². The van der Waals surface area contributed by atoms with E-state index >= 15 is 0 Å². The summed E-state index contributed by atoms with van der Waals surface area (Å²) in [5, 5.41) is 3.40. The molecular weight excluding hydrogens is 230 g/mol. The van der Waals surface area contributed by atoms with Crippen molar-refractivity contribution in [3.63, 3.8) is 0 Å². The lowest BCUT2D eigenvalue weighted by molar-refractivity contribution is 0.664. The fourth-order valence-corrected chi connectivity index (χ4v) is 2.88. The molecule has 0 unspecified atom stereocenters. The molecule has 0 aliphatic carbocycles. The molecule has 0 atom stereocenters. The highest BCUT2D eigenvalue weighted by molar-refractivity contribution is 7.99. The number of hydrogen-bond donors (Lipinski definition) is 1. The van der Waals surface area contributed by atoms with Crippen molar-refractivity contribution in [1.29, 1.82) is 0 Å². The van der Waals surface area contributed by atoms with Crippen LogP contribution in [0.4, 0.5) is 5.69 Å². The first kappa shape index (κ1) is 12.7. The van der Waals surface area contributed by atoms with Crippen LogP contribution in [-0.4, -0.2) is 36.1 Å². The third kappa shape index (κ3) is 3.89. The first-order valence-corrected chi connectivity index (χ1v) is 7.54. The van der Waals surface area contributed by atoms with Crippen LogP contribution in [0.25, 0.3) is 0 Å². The predicted octanol–water partition coefficient (Wildman–Crippen LogP) is 2.13. The summed E-state index contributed by atoms with van der Waals surface area (Å²) in [4.78, 5) is 6.87. The van der Waals surface area contributed by atoms with E-state index in [1.807, 2.05) is 18.0 Å². The predicted molar refractivity (Wildman–Crippen MR) is 75.8 cm³/mol. The van der Waals surface area contributed by atoms with Crippen molar-refractivity contribution in [2.24, 2.45) is 0 Å².